The highest BCUT2D eigenvalue weighted by atomic mass is 35.5. The van der Waals surface area contributed by atoms with Gasteiger partial charge < -0.3 is 9.30 Å². The first kappa shape index (κ1) is 17.4. The molecule has 0 saturated carbocycles. The molecule has 8 nitrogen and oxygen atoms in total. The van der Waals surface area contributed by atoms with Crippen LogP contribution < -0.4 is 0 Å². The van der Waals surface area contributed by atoms with Crippen molar-refractivity contribution in [2.75, 3.05) is 6.61 Å². The summed E-state index contributed by atoms with van der Waals surface area (Å²) in [6.45, 7) is 4.12. The lowest BCUT2D eigenvalue weighted by atomic mass is 10.2. The van der Waals surface area contributed by atoms with Gasteiger partial charge >= 0.3 is 5.97 Å². The first-order valence-electron chi connectivity index (χ1n) is 8.63. The summed E-state index contributed by atoms with van der Waals surface area (Å²) in [5, 5.41) is 5.80. The third-order valence-corrected chi connectivity index (χ3v) is 4.39. The van der Waals surface area contributed by atoms with E-state index in [1.165, 1.54) is 6.33 Å². The van der Waals surface area contributed by atoms with Gasteiger partial charge in [0.1, 0.15) is 6.54 Å². The lowest BCUT2D eigenvalue weighted by Crippen LogP contribution is -2.13. The van der Waals surface area contributed by atoms with Crippen molar-refractivity contribution in [2.24, 2.45) is 0 Å². The van der Waals surface area contributed by atoms with Gasteiger partial charge in [0.05, 0.1) is 24.1 Å². The molecule has 0 aliphatic rings. The Morgan fingerprint density at radius 2 is 2.04 bits per heavy atom. The summed E-state index contributed by atoms with van der Waals surface area (Å²) in [4.78, 5) is 24.9. The van der Waals surface area contributed by atoms with Gasteiger partial charge in [-0.05, 0) is 31.0 Å². The highest BCUT2D eigenvalue weighted by Crippen LogP contribution is 2.26. The number of nitrogens with zero attached hydrogens (tertiary/aromatic N) is 6. The normalized spacial score (nSPS) is 11.4. The van der Waals surface area contributed by atoms with Crippen molar-refractivity contribution in [2.45, 2.75) is 26.8 Å². The molecular weight excluding hydrogens is 368 g/mol. The standard InChI is InChI=1S/C18H17ClN6O2/c1-3-12-11-7-5-6-8-13(11)25(23-12)17-15-16(21-18(19)22-17)24(10-20-15)9-14(26)27-4-2/h5-8,10H,3-4,9H2,1-2H3. The molecule has 0 amide bonds. The molecule has 4 aromatic rings. The van der Waals surface area contributed by atoms with Gasteiger partial charge in [0.15, 0.2) is 17.0 Å². The third kappa shape index (κ3) is 3.02. The average Bonchev–Trinajstić information content (AvgIpc) is 3.23. The van der Waals surface area contributed by atoms with E-state index in [2.05, 4.69) is 21.9 Å². The number of imidazole rings is 1. The van der Waals surface area contributed by atoms with Crippen LogP contribution in [0.4, 0.5) is 0 Å². The fourth-order valence-electron chi connectivity index (χ4n) is 3.07. The van der Waals surface area contributed by atoms with Gasteiger partial charge in [0.2, 0.25) is 5.28 Å². The maximum atomic E-state index is 11.8. The number of ether oxygens (including phenoxy) is 1. The molecule has 0 spiro atoms. The maximum absolute atomic E-state index is 11.8. The summed E-state index contributed by atoms with van der Waals surface area (Å²) in [6.07, 6.45) is 2.31. The van der Waals surface area contributed by atoms with E-state index in [0.717, 1.165) is 23.0 Å². The second-order valence-electron chi connectivity index (χ2n) is 5.90. The molecule has 138 valence electrons. The number of carbonyl (C=O) groups excluding carboxylic acids is 1. The van der Waals surface area contributed by atoms with E-state index in [-0.39, 0.29) is 17.8 Å². The van der Waals surface area contributed by atoms with Crippen LogP contribution in [0.3, 0.4) is 0 Å². The van der Waals surface area contributed by atoms with Gasteiger partial charge in [0, 0.05) is 5.39 Å². The second-order valence-corrected chi connectivity index (χ2v) is 6.23. The van der Waals surface area contributed by atoms with Gasteiger partial charge in [-0.3, -0.25) is 4.79 Å². The zero-order valence-electron chi connectivity index (χ0n) is 14.9. The van der Waals surface area contributed by atoms with Crippen LogP contribution in [0, 0.1) is 0 Å². The Balaban J connectivity index is 1.91. The summed E-state index contributed by atoms with van der Waals surface area (Å²) < 4.78 is 8.33. The minimum absolute atomic E-state index is 0.00279. The van der Waals surface area contributed by atoms with Gasteiger partial charge in [-0.2, -0.15) is 15.1 Å². The van der Waals surface area contributed by atoms with Crippen LogP contribution >= 0.6 is 11.6 Å². The monoisotopic (exact) mass is 384 g/mol. The lowest BCUT2D eigenvalue weighted by Gasteiger charge is -2.06. The van der Waals surface area contributed by atoms with Crippen molar-refractivity contribution in [1.29, 1.82) is 0 Å². The summed E-state index contributed by atoms with van der Waals surface area (Å²) >= 11 is 6.17. The Bertz CT molecular complexity index is 1150. The van der Waals surface area contributed by atoms with Crippen LogP contribution in [0.5, 0.6) is 0 Å². The van der Waals surface area contributed by atoms with Crippen LogP contribution in [0.2, 0.25) is 5.28 Å². The van der Waals surface area contributed by atoms with Crippen molar-refractivity contribution >= 4 is 39.6 Å². The first-order valence-corrected chi connectivity index (χ1v) is 9.01. The molecule has 0 saturated heterocycles. The number of carbonyl (C=O) groups is 1. The van der Waals surface area contributed by atoms with Crippen LogP contribution in [0.15, 0.2) is 30.6 Å². The number of aromatic nitrogens is 6. The topological polar surface area (TPSA) is 87.7 Å². The highest BCUT2D eigenvalue weighted by molar-refractivity contribution is 6.28. The molecule has 3 heterocycles. The number of aryl methyl sites for hydroxylation is 1. The highest BCUT2D eigenvalue weighted by Gasteiger charge is 2.19. The summed E-state index contributed by atoms with van der Waals surface area (Å²) in [5.41, 5.74) is 2.83. The summed E-state index contributed by atoms with van der Waals surface area (Å²) in [5.74, 6) is 0.106. The molecule has 0 fully saturated rings. The van der Waals surface area contributed by atoms with E-state index < -0.39 is 0 Å². The fourth-order valence-corrected chi connectivity index (χ4v) is 3.23. The predicted molar refractivity (Wildman–Crippen MR) is 101 cm³/mol. The quantitative estimate of drug-likeness (QED) is 0.388. The predicted octanol–water partition coefficient (Wildman–Crippen LogP) is 2.94. The molecular formula is C18H17ClN6O2. The Labute approximate surface area is 159 Å². The van der Waals surface area contributed by atoms with Crippen LogP contribution in [0.25, 0.3) is 27.9 Å². The number of para-hydroxylation sites is 1. The number of fused-ring (bicyclic) bond motifs is 2. The summed E-state index contributed by atoms with van der Waals surface area (Å²) in [6, 6.07) is 7.92. The Hall–Kier alpha value is -3.00. The molecule has 4 rings (SSSR count). The number of esters is 1. The second kappa shape index (κ2) is 6.96. The van der Waals surface area contributed by atoms with Gasteiger partial charge in [-0.25, -0.2) is 9.67 Å². The zero-order chi connectivity index (χ0) is 19.0. The van der Waals surface area contributed by atoms with Crippen molar-refractivity contribution in [3.63, 3.8) is 0 Å². The van der Waals surface area contributed by atoms with E-state index in [9.17, 15) is 4.79 Å². The van der Waals surface area contributed by atoms with Crippen LogP contribution in [0.1, 0.15) is 19.5 Å². The van der Waals surface area contributed by atoms with Crippen molar-refractivity contribution < 1.29 is 9.53 Å². The maximum Gasteiger partial charge on any atom is 0.326 e. The van der Waals surface area contributed by atoms with E-state index in [0.29, 0.717) is 23.6 Å². The van der Waals surface area contributed by atoms with E-state index in [1.54, 1.807) is 16.2 Å². The Kier molecular flexibility index (Phi) is 4.49. The smallest absolute Gasteiger partial charge is 0.326 e. The van der Waals surface area contributed by atoms with Gasteiger partial charge in [-0.15, -0.1) is 0 Å². The molecule has 0 bridgehead atoms. The largest absolute Gasteiger partial charge is 0.465 e. The third-order valence-electron chi connectivity index (χ3n) is 4.22. The summed E-state index contributed by atoms with van der Waals surface area (Å²) in [7, 11) is 0. The minimum Gasteiger partial charge on any atom is -0.465 e. The van der Waals surface area contributed by atoms with Gasteiger partial charge in [0.25, 0.3) is 0 Å². The molecule has 3 aromatic heterocycles. The molecule has 0 N–H and O–H groups in total. The number of hydrogen-bond acceptors (Lipinski definition) is 6. The molecule has 27 heavy (non-hydrogen) atoms. The average molecular weight is 385 g/mol. The number of rotatable bonds is 5. The van der Waals surface area contributed by atoms with E-state index in [1.807, 2.05) is 24.3 Å². The van der Waals surface area contributed by atoms with Crippen LogP contribution in [-0.2, 0) is 22.5 Å². The van der Waals surface area contributed by atoms with Crippen molar-refractivity contribution in [1.82, 2.24) is 29.3 Å². The number of hydrogen-bond donors (Lipinski definition) is 0. The van der Waals surface area contributed by atoms with Crippen molar-refractivity contribution in [3.8, 4) is 5.82 Å². The molecule has 0 atom stereocenters. The lowest BCUT2D eigenvalue weighted by molar-refractivity contribution is -0.143. The number of benzene rings is 1. The molecule has 1 aromatic carbocycles. The molecule has 0 aliphatic heterocycles. The molecule has 0 radical (unpaired) electrons. The Morgan fingerprint density at radius 3 is 2.81 bits per heavy atom. The van der Waals surface area contributed by atoms with Crippen molar-refractivity contribution in [3.05, 3.63) is 41.6 Å². The van der Waals surface area contributed by atoms with Gasteiger partial charge in [-0.1, -0.05) is 25.1 Å². The zero-order valence-corrected chi connectivity index (χ0v) is 15.6. The molecule has 9 heteroatoms. The van der Waals surface area contributed by atoms with E-state index >= 15 is 0 Å². The van der Waals surface area contributed by atoms with E-state index in [4.69, 9.17) is 21.4 Å². The SMILES string of the molecule is CCOC(=O)Cn1cnc2c(-n3nc(CC)c4ccccc43)nc(Cl)nc21. The first-order chi connectivity index (χ1) is 13.1. The molecule has 0 unspecified atom stereocenters. The molecule has 0 aliphatic carbocycles. The Morgan fingerprint density at radius 1 is 1.22 bits per heavy atom. The van der Waals surface area contributed by atoms with Crippen LogP contribution in [-0.4, -0.2) is 41.9 Å². The minimum atomic E-state index is -0.370. The fraction of sp³-hybridized carbons (Fsp3) is 0.278. The number of halogens is 1.